The van der Waals surface area contributed by atoms with Gasteiger partial charge in [-0.2, -0.15) is 4.98 Å². The minimum Gasteiger partial charge on any atom is -0.368 e. The van der Waals surface area contributed by atoms with Gasteiger partial charge in [-0.05, 0) is 25.7 Å². The van der Waals surface area contributed by atoms with Gasteiger partial charge in [-0.1, -0.05) is 13.3 Å². The molecule has 1 unspecified atom stereocenters. The van der Waals surface area contributed by atoms with Crippen molar-refractivity contribution in [1.82, 2.24) is 9.97 Å². The molecule has 0 aromatic carbocycles. The van der Waals surface area contributed by atoms with Crippen LogP contribution in [-0.4, -0.2) is 27.5 Å². The third-order valence-corrected chi connectivity index (χ3v) is 3.49. The van der Waals surface area contributed by atoms with Crippen molar-refractivity contribution in [1.29, 1.82) is 0 Å². The van der Waals surface area contributed by atoms with Crippen LogP contribution in [0.3, 0.4) is 0 Å². The molecule has 0 aliphatic carbocycles. The van der Waals surface area contributed by atoms with Gasteiger partial charge in [0.2, 0.25) is 11.8 Å². The third kappa shape index (κ3) is 2.91. The first kappa shape index (κ1) is 13.5. The van der Waals surface area contributed by atoms with Crippen molar-refractivity contribution in [3.63, 3.8) is 0 Å². The lowest BCUT2D eigenvalue weighted by molar-refractivity contribution is -0.384. The summed E-state index contributed by atoms with van der Waals surface area (Å²) in [6.07, 6.45) is 6.51. The molecule has 2 N–H and O–H groups in total. The van der Waals surface area contributed by atoms with Crippen LogP contribution in [0.4, 0.5) is 17.5 Å². The van der Waals surface area contributed by atoms with Crippen molar-refractivity contribution in [3.05, 3.63) is 16.3 Å². The molecule has 1 saturated heterocycles. The van der Waals surface area contributed by atoms with E-state index in [1.54, 1.807) is 0 Å². The number of anilines is 2. The summed E-state index contributed by atoms with van der Waals surface area (Å²) in [7, 11) is 0. The van der Waals surface area contributed by atoms with Crippen LogP contribution in [0.2, 0.25) is 0 Å². The second kappa shape index (κ2) is 5.81. The first-order valence-corrected chi connectivity index (χ1v) is 6.67. The lowest BCUT2D eigenvalue weighted by atomic mass is 9.98. The molecule has 1 fully saturated rings. The van der Waals surface area contributed by atoms with Crippen molar-refractivity contribution in [2.24, 2.45) is 0 Å². The minimum atomic E-state index is -0.438. The maximum Gasteiger partial charge on any atom is 0.329 e. The molecule has 1 atom stereocenters. The smallest absolute Gasteiger partial charge is 0.329 e. The Bertz CT molecular complexity index is 463. The SMILES string of the molecule is CCCC1CCCCN1c1nc(N)ncc1[N+](=O)[O-]. The zero-order chi connectivity index (χ0) is 13.8. The molecule has 2 heterocycles. The predicted molar refractivity (Wildman–Crippen MR) is 73.0 cm³/mol. The van der Waals surface area contributed by atoms with Crippen molar-refractivity contribution in [2.45, 2.75) is 45.1 Å². The highest BCUT2D eigenvalue weighted by Gasteiger charge is 2.29. The van der Waals surface area contributed by atoms with Crippen molar-refractivity contribution >= 4 is 17.5 Å². The van der Waals surface area contributed by atoms with Crippen molar-refractivity contribution < 1.29 is 4.92 Å². The van der Waals surface area contributed by atoms with Gasteiger partial charge >= 0.3 is 5.69 Å². The summed E-state index contributed by atoms with van der Waals surface area (Å²) in [6.45, 7) is 2.91. The molecule has 0 bridgehead atoms. The number of nitrogen functional groups attached to an aromatic ring is 1. The van der Waals surface area contributed by atoms with E-state index in [1.165, 1.54) is 6.20 Å². The second-order valence-corrected chi connectivity index (χ2v) is 4.83. The molecular formula is C12H19N5O2. The molecule has 7 nitrogen and oxygen atoms in total. The summed E-state index contributed by atoms with van der Waals surface area (Å²) < 4.78 is 0. The number of aromatic nitrogens is 2. The molecule has 1 aliphatic rings. The molecule has 2 rings (SSSR count). The maximum absolute atomic E-state index is 11.1. The quantitative estimate of drug-likeness (QED) is 0.661. The van der Waals surface area contributed by atoms with E-state index in [4.69, 9.17) is 5.73 Å². The van der Waals surface area contributed by atoms with Crippen molar-refractivity contribution in [2.75, 3.05) is 17.2 Å². The van der Waals surface area contributed by atoms with Gasteiger partial charge in [0.05, 0.1) is 4.92 Å². The second-order valence-electron chi connectivity index (χ2n) is 4.83. The molecule has 1 aromatic heterocycles. The van der Waals surface area contributed by atoms with Crippen LogP contribution in [0, 0.1) is 10.1 Å². The molecule has 19 heavy (non-hydrogen) atoms. The first-order valence-electron chi connectivity index (χ1n) is 6.67. The van der Waals surface area contributed by atoms with E-state index in [2.05, 4.69) is 16.9 Å². The molecule has 104 valence electrons. The van der Waals surface area contributed by atoms with E-state index >= 15 is 0 Å². The Labute approximate surface area is 112 Å². The molecule has 0 amide bonds. The fourth-order valence-corrected chi connectivity index (χ4v) is 2.63. The fraction of sp³-hybridized carbons (Fsp3) is 0.667. The Morgan fingerprint density at radius 2 is 2.37 bits per heavy atom. The normalized spacial score (nSPS) is 19.4. The van der Waals surface area contributed by atoms with Crippen LogP contribution in [0.5, 0.6) is 0 Å². The molecule has 7 heteroatoms. The highest BCUT2D eigenvalue weighted by atomic mass is 16.6. The van der Waals surface area contributed by atoms with Crippen LogP contribution in [0.25, 0.3) is 0 Å². The van der Waals surface area contributed by atoms with Gasteiger partial charge in [-0.3, -0.25) is 10.1 Å². The molecule has 0 radical (unpaired) electrons. The van der Waals surface area contributed by atoms with Gasteiger partial charge in [-0.25, -0.2) is 4.98 Å². The largest absolute Gasteiger partial charge is 0.368 e. The number of piperidine rings is 1. The van der Waals surface area contributed by atoms with Gasteiger partial charge in [0, 0.05) is 12.6 Å². The number of nitro groups is 1. The first-order chi connectivity index (χ1) is 9.13. The number of rotatable bonds is 4. The van der Waals surface area contributed by atoms with Crippen LogP contribution in [-0.2, 0) is 0 Å². The van der Waals surface area contributed by atoms with Crippen LogP contribution in [0.1, 0.15) is 39.0 Å². The van der Waals surface area contributed by atoms with Crippen LogP contribution < -0.4 is 10.6 Å². The lowest BCUT2D eigenvalue weighted by Crippen LogP contribution is -2.40. The Morgan fingerprint density at radius 3 is 3.05 bits per heavy atom. The summed E-state index contributed by atoms with van der Waals surface area (Å²) in [6, 6.07) is 0.312. The zero-order valence-electron chi connectivity index (χ0n) is 11.1. The minimum absolute atomic E-state index is 0.0581. The monoisotopic (exact) mass is 265 g/mol. The number of hydrogen-bond donors (Lipinski definition) is 1. The lowest BCUT2D eigenvalue weighted by Gasteiger charge is -2.36. The molecule has 0 spiro atoms. The Balaban J connectivity index is 2.37. The summed E-state index contributed by atoms with van der Waals surface area (Å²) in [4.78, 5) is 20.5. The standard InChI is InChI=1S/C12H19N5O2/c1-2-5-9-6-3-4-7-16(9)11-10(17(18)19)8-14-12(13)15-11/h8-9H,2-7H2,1H3,(H2,13,14,15). The van der Waals surface area contributed by atoms with E-state index in [0.29, 0.717) is 11.9 Å². The number of hydrogen-bond acceptors (Lipinski definition) is 6. The van der Waals surface area contributed by atoms with Crippen LogP contribution >= 0.6 is 0 Å². The van der Waals surface area contributed by atoms with Gasteiger partial charge in [-0.15, -0.1) is 0 Å². The summed E-state index contributed by atoms with van der Waals surface area (Å²) in [5.41, 5.74) is 5.52. The van der Waals surface area contributed by atoms with E-state index in [9.17, 15) is 10.1 Å². The average Bonchev–Trinajstić information content (AvgIpc) is 2.39. The van der Waals surface area contributed by atoms with Gasteiger partial charge in [0.25, 0.3) is 0 Å². The Morgan fingerprint density at radius 1 is 1.58 bits per heavy atom. The highest BCUT2D eigenvalue weighted by molar-refractivity contribution is 5.59. The molecule has 1 aliphatic heterocycles. The highest BCUT2D eigenvalue weighted by Crippen LogP contribution is 2.32. The fourth-order valence-electron chi connectivity index (χ4n) is 2.63. The van der Waals surface area contributed by atoms with Gasteiger partial charge in [0.1, 0.15) is 6.20 Å². The van der Waals surface area contributed by atoms with E-state index in [0.717, 1.165) is 38.6 Å². The van der Waals surface area contributed by atoms with E-state index < -0.39 is 4.92 Å². The van der Waals surface area contributed by atoms with Gasteiger partial charge < -0.3 is 10.6 Å². The molecule has 1 aromatic rings. The number of nitrogens with two attached hydrogens (primary N) is 1. The van der Waals surface area contributed by atoms with Crippen LogP contribution in [0.15, 0.2) is 6.20 Å². The average molecular weight is 265 g/mol. The van der Waals surface area contributed by atoms with Crippen molar-refractivity contribution in [3.8, 4) is 0 Å². The topological polar surface area (TPSA) is 98.2 Å². The Hall–Kier alpha value is -1.92. The summed E-state index contributed by atoms with van der Waals surface area (Å²) >= 11 is 0. The van der Waals surface area contributed by atoms with E-state index in [-0.39, 0.29) is 11.6 Å². The Kier molecular flexibility index (Phi) is 4.13. The zero-order valence-corrected chi connectivity index (χ0v) is 11.1. The summed E-state index contributed by atoms with van der Waals surface area (Å²) in [5, 5.41) is 11.1. The maximum atomic E-state index is 11.1. The van der Waals surface area contributed by atoms with Gasteiger partial charge in [0.15, 0.2) is 0 Å². The predicted octanol–water partition coefficient (Wildman–Crippen LogP) is 2.13. The number of nitrogens with zero attached hydrogens (tertiary/aromatic N) is 4. The molecule has 0 saturated carbocycles. The van der Waals surface area contributed by atoms with E-state index in [1.807, 2.05) is 4.90 Å². The third-order valence-electron chi connectivity index (χ3n) is 3.49. The molecular weight excluding hydrogens is 246 g/mol. The summed E-state index contributed by atoms with van der Waals surface area (Å²) in [5.74, 6) is 0.456.